The van der Waals surface area contributed by atoms with E-state index in [1.807, 2.05) is 18.2 Å². The van der Waals surface area contributed by atoms with Crippen LogP contribution >= 0.6 is 11.3 Å². The lowest BCUT2D eigenvalue weighted by Gasteiger charge is -2.32. The molecule has 0 unspecified atom stereocenters. The third kappa shape index (κ3) is 2.49. The molecule has 2 N–H and O–H groups in total. The lowest BCUT2D eigenvalue weighted by molar-refractivity contribution is 0.173. The van der Waals surface area contributed by atoms with Gasteiger partial charge in [0.15, 0.2) is 0 Å². The van der Waals surface area contributed by atoms with E-state index in [4.69, 9.17) is 10.5 Å². The molecule has 1 aliphatic carbocycles. The van der Waals surface area contributed by atoms with Gasteiger partial charge in [-0.3, -0.25) is 0 Å². The van der Waals surface area contributed by atoms with Crippen LogP contribution in [0.4, 0.5) is 0 Å². The SMILES string of the molecule is NC1(COc2nc3ccccc3s2)CCCCC1. The van der Waals surface area contributed by atoms with Crippen molar-refractivity contribution < 1.29 is 4.74 Å². The summed E-state index contributed by atoms with van der Waals surface area (Å²) in [7, 11) is 0. The first-order valence-corrected chi connectivity index (χ1v) is 7.34. The smallest absolute Gasteiger partial charge is 0.274 e. The standard InChI is InChI=1S/C14H18N2OS/c15-14(8-4-1-5-9-14)10-17-13-16-11-6-2-3-7-12(11)18-13/h2-3,6-7H,1,4-5,8-10,15H2. The highest BCUT2D eigenvalue weighted by Gasteiger charge is 2.28. The number of hydrogen-bond donors (Lipinski definition) is 1. The van der Waals surface area contributed by atoms with Gasteiger partial charge in [-0.05, 0) is 25.0 Å². The number of para-hydroxylation sites is 1. The molecule has 1 heterocycles. The zero-order chi connectivity index (χ0) is 12.4. The topological polar surface area (TPSA) is 48.1 Å². The minimum absolute atomic E-state index is 0.143. The fourth-order valence-electron chi connectivity index (χ4n) is 2.52. The van der Waals surface area contributed by atoms with Gasteiger partial charge in [-0.15, -0.1) is 0 Å². The number of fused-ring (bicyclic) bond motifs is 1. The van der Waals surface area contributed by atoms with Gasteiger partial charge in [0, 0.05) is 0 Å². The number of aromatic nitrogens is 1. The lowest BCUT2D eigenvalue weighted by atomic mass is 9.83. The molecule has 1 aromatic heterocycles. The maximum atomic E-state index is 6.35. The van der Waals surface area contributed by atoms with Crippen molar-refractivity contribution in [1.29, 1.82) is 0 Å². The Kier molecular flexibility index (Phi) is 3.22. The molecule has 0 bridgehead atoms. The zero-order valence-electron chi connectivity index (χ0n) is 10.4. The van der Waals surface area contributed by atoms with Crippen LogP contribution in [0.15, 0.2) is 24.3 Å². The van der Waals surface area contributed by atoms with E-state index in [0.29, 0.717) is 6.61 Å². The fraction of sp³-hybridized carbons (Fsp3) is 0.500. The van der Waals surface area contributed by atoms with E-state index in [-0.39, 0.29) is 5.54 Å². The summed E-state index contributed by atoms with van der Waals surface area (Å²) in [5, 5.41) is 0.742. The molecule has 0 saturated heterocycles. The van der Waals surface area contributed by atoms with Crippen LogP contribution in [-0.2, 0) is 0 Å². The molecular formula is C14H18N2OS. The molecule has 1 fully saturated rings. The van der Waals surface area contributed by atoms with Crippen LogP contribution in [0.1, 0.15) is 32.1 Å². The summed E-state index contributed by atoms with van der Waals surface area (Å²) in [6.07, 6.45) is 5.88. The van der Waals surface area contributed by atoms with Gasteiger partial charge < -0.3 is 10.5 Å². The summed E-state index contributed by atoms with van der Waals surface area (Å²) >= 11 is 1.60. The Labute approximate surface area is 111 Å². The van der Waals surface area contributed by atoms with Crippen molar-refractivity contribution in [3.05, 3.63) is 24.3 Å². The second-order valence-electron chi connectivity index (χ2n) is 5.16. The Morgan fingerprint density at radius 3 is 2.78 bits per heavy atom. The number of nitrogens with zero attached hydrogens (tertiary/aromatic N) is 1. The summed E-state index contributed by atoms with van der Waals surface area (Å²) in [4.78, 5) is 4.47. The number of thiazole rings is 1. The van der Waals surface area contributed by atoms with Crippen molar-refractivity contribution >= 4 is 21.6 Å². The molecular weight excluding hydrogens is 244 g/mol. The van der Waals surface area contributed by atoms with Crippen LogP contribution in [0, 0.1) is 0 Å². The summed E-state index contributed by atoms with van der Waals surface area (Å²) in [5.74, 6) is 0. The van der Waals surface area contributed by atoms with E-state index in [0.717, 1.165) is 23.6 Å². The molecule has 0 radical (unpaired) electrons. The van der Waals surface area contributed by atoms with Gasteiger partial charge in [-0.2, -0.15) is 0 Å². The molecule has 0 spiro atoms. The van der Waals surface area contributed by atoms with E-state index < -0.39 is 0 Å². The van der Waals surface area contributed by atoms with Gasteiger partial charge >= 0.3 is 0 Å². The number of ether oxygens (including phenoxy) is 1. The Hall–Kier alpha value is -1.13. The zero-order valence-corrected chi connectivity index (χ0v) is 11.2. The predicted octanol–water partition coefficient (Wildman–Crippen LogP) is 3.34. The molecule has 18 heavy (non-hydrogen) atoms. The molecule has 1 saturated carbocycles. The average molecular weight is 262 g/mol. The van der Waals surface area contributed by atoms with Gasteiger partial charge in [0.05, 0.1) is 15.8 Å². The van der Waals surface area contributed by atoms with Crippen molar-refractivity contribution in [2.75, 3.05) is 6.61 Å². The van der Waals surface area contributed by atoms with E-state index in [9.17, 15) is 0 Å². The number of nitrogens with two attached hydrogens (primary N) is 1. The Morgan fingerprint density at radius 1 is 1.22 bits per heavy atom. The molecule has 0 aliphatic heterocycles. The second-order valence-corrected chi connectivity index (χ2v) is 6.15. The molecule has 96 valence electrons. The van der Waals surface area contributed by atoms with E-state index in [1.54, 1.807) is 11.3 Å². The molecule has 4 heteroatoms. The highest BCUT2D eigenvalue weighted by molar-refractivity contribution is 7.20. The second kappa shape index (κ2) is 4.86. The minimum atomic E-state index is -0.143. The summed E-state index contributed by atoms with van der Waals surface area (Å²) in [6.45, 7) is 0.590. The Morgan fingerprint density at radius 2 is 2.00 bits per heavy atom. The molecule has 1 aromatic carbocycles. The molecule has 0 atom stereocenters. The summed E-state index contributed by atoms with van der Waals surface area (Å²) in [5.41, 5.74) is 7.22. The maximum absolute atomic E-state index is 6.35. The first-order chi connectivity index (χ1) is 8.75. The molecule has 3 nitrogen and oxygen atoms in total. The lowest BCUT2D eigenvalue weighted by Crippen LogP contribution is -2.47. The van der Waals surface area contributed by atoms with Gasteiger partial charge in [0.2, 0.25) is 0 Å². The molecule has 3 rings (SSSR count). The number of benzene rings is 1. The van der Waals surface area contributed by atoms with Crippen LogP contribution in [-0.4, -0.2) is 17.1 Å². The number of hydrogen-bond acceptors (Lipinski definition) is 4. The highest BCUT2D eigenvalue weighted by atomic mass is 32.1. The van der Waals surface area contributed by atoms with E-state index in [1.165, 1.54) is 24.0 Å². The van der Waals surface area contributed by atoms with Gasteiger partial charge in [-0.1, -0.05) is 42.7 Å². The van der Waals surface area contributed by atoms with Crippen LogP contribution in [0.3, 0.4) is 0 Å². The summed E-state index contributed by atoms with van der Waals surface area (Å²) in [6, 6.07) is 8.10. The quantitative estimate of drug-likeness (QED) is 0.923. The Bertz CT molecular complexity index is 498. The molecule has 0 amide bonds. The predicted molar refractivity (Wildman–Crippen MR) is 75.1 cm³/mol. The molecule has 2 aromatic rings. The van der Waals surface area contributed by atoms with Crippen LogP contribution in [0.25, 0.3) is 10.2 Å². The van der Waals surface area contributed by atoms with Crippen molar-refractivity contribution in [2.45, 2.75) is 37.6 Å². The largest absolute Gasteiger partial charge is 0.468 e. The van der Waals surface area contributed by atoms with E-state index >= 15 is 0 Å². The monoisotopic (exact) mass is 262 g/mol. The van der Waals surface area contributed by atoms with Crippen LogP contribution in [0.5, 0.6) is 5.19 Å². The van der Waals surface area contributed by atoms with Crippen LogP contribution < -0.4 is 10.5 Å². The average Bonchev–Trinajstić information content (AvgIpc) is 2.80. The fourth-order valence-corrected chi connectivity index (χ4v) is 3.33. The van der Waals surface area contributed by atoms with Gasteiger partial charge in [0.25, 0.3) is 5.19 Å². The van der Waals surface area contributed by atoms with E-state index in [2.05, 4.69) is 11.1 Å². The third-order valence-corrected chi connectivity index (χ3v) is 4.56. The van der Waals surface area contributed by atoms with Gasteiger partial charge in [-0.25, -0.2) is 4.98 Å². The highest BCUT2D eigenvalue weighted by Crippen LogP contribution is 2.30. The summed E-state index contributed by atoms with van der Waals surface area (Å²) < 4.78 is 6.98. The first kappa shape index (κ1) is 11.9. The number of rotatable bonds is 3. The normalized spacial score (nSPS) is 18.9. The van der Waals surface area contributed by atoms with Crippen molar-refractivity contribution in [3.8, 4) is 5.19 Å². The minimum Gasteiger partial charge on any atom is -0.468 e. The third-order valence-electron chi connectivity index (χ3n) is 3.61. The molecule has 1 aliphatic rings. The van der Waals surface area contributed by atoms with Crippen molar-refractivity contribution in [3.63, 3.8) is 0 Å². The van der Waals surface area contributed by atoms with Crippen molar-refractivity contribution in [2.24, 2.45) is 5.73 Å². The first-order valence-electron chi connectivity index (χ1n) is 6.52. The Balaban J connectivity index is 1.69. The van der Waals surface area contributed by atoms with Crippen molar-refractivity contribution in [1.82, 2.24) is 4.98 Å². The maximum Gasteiger partial charge on any atom is 0.274 e. The van der Waals surface area contributed by atoms with Gasteiger partial charge in [0.1, 0.15) is 6.61 Å². The van der Waals surface area contributed by atoms with Crippen LogP contribution in [0.2, 0.25) is 0 Å².